The SMILES string of the molecule is Cc1ccc(C(C)C)c(OCCC(=O)N[C@@H]2CC(Cn3ccnc3)C[C@H]2O)c1. The van der Waals surface area contributed by atoms with Crippen LogP contribution in [0.4, 0.5) is 0 Å². The first-order valence-electron chi connectivity index (χ1n) is 10.1. The van der Waals surface area contributed by atoms with Gasteiger partial charge >= 0.3 is 0 Å². The largest absolute Gasteiger partial charge is 0.493 e. The highest BCUT2D eigenvalue weighted by Crippen LogP contribution is 2.29. The number of hydrogen-bond donors (Lipinski definition) is 2. The van der Waals surface area contributed by atoms with E-state index in [1.807, 2.05) is 23.8 Å². The average Bonchev–Trinajstić information content (AvgIpc) is 3.25. The molecule has 2 aromatic rings. The third-order valence-electron chi connectivity index (χ3n) is 5.38. The monoisotopic (exact) mass is 385 g/mol. The lowest BCUT2D eigenvalue weighted by atomic mass is 10.0. The van der Waals surface area contributed by atoms with Crippen molar-refractivity contribution in [3.8, 4) is 5.75 Å². The highest BCUT2D eigenvalue weighted by atomic mass is 16.5. The van der Waals surface area contributed by atoms with Gasteiger partial charge < -0.3 is 19.7 Å². The molecule has 1 unspecified atom stereocenters. The van der Waals surface area contributed by atoms with Crippen LogP contribution in [0.15, 0.2) is 36.9 Å². The zero-order valence-electron chi connectivity index (χ0n) is 17.0. The number of aryl methyl sites for hydroxylation is 1. The van der Waals surface area contributed by atoms with Gasteiger partial charge in [0.25, 0.3) is 0 Å². The number of aromatic nitrogens is 2. The van der Waals surface area contributed by atoms with E-state index in [0.717, 1.165) is 29.8 Å². The quantitative estimate of drug-likeness (QED) is 0.732. The van der Waals surface area contributed by atoms with Gasteiger partial charge in [0.2, 0.25) is 5.91 Å². The van der Waals surface area contributed by atoms with Gasteiger partial charge in [0.1, 0.15) is 5.75 Å². The van der Waals surface area contributed by atoms with Crippen molar-refractivity contribution in [1.29, 1.82) is 0 Å². The minimum Gasteiger partial charge on any atom is -0.493 e. The Morgan fingerprint density at radius 3 is 2.93 bits per heavy atom. The molecule has 1 amide bonds. The molecule has 0 radical (unpaired) electrons. The van der Waals surface area contributed by atoms with Gasteiger partial charge in [0.05, 0.1) is 31.5 Å². The molecule has 28 heavy (non-hydrogen) atoms. The van der Waals surface area contributed by atoms with Crippen LogP contribution in [-0.4, -0.2) is 39.3 Å². The summed E-state index contributed by atoms with van der Waals surface area (Å²) in [7, 11) is 0. The van der Waals surface area contributed by atoms with Gasteiger partial charge in [-0.1, -0.05) is 26.0 Å². The number of aliphatic hydroxyl groups excluding tert-OH is 1. The van der Waals surface area contributed by atoms with Crippen LogP contribution >= 0.6 is 0 Å². The van der Waals surface area contributed by atoms with Crippen LogP contribution in [0.25, 0.3) is 0 Å². The summed E-state index contributed by atoms with van der Waals surface area (Å²) in [5.74, 6) is 1.48. The molecule has 0 aliphatic heterocycles. The molecule has 1 saturated carbocycles. The molecule has 1 aliphatic carbocycles. The number of ether oxygens (including phenoxy) is 1. The second-order valence-corrected chi connectivity index (χ2v) is 8.13. The molecule has 1 aromatic heterocycles. The van der Waals surface area contributed by atoms with Crippen LogP contribution in [0.3, 0.4) is 0 Å². The van der Waals surface area contributed by atoms with E-state index in [1.54, 1.807) is 12.5 Å². The zero-order valence-corrected chi connectivity index (χ0v) is 17.0. The minimum absolute atomic E-state index is 0.0777. The molecule has 2 N–H and O–H groups in total. The number of amides is 1. The summed E-state index contributed by atoms with van der Waals surface area (Å²) in [6.45, 7) is 7.44. The predicted octanol–water partition coefficient (Wildman–Crippen LogP) is 3.04. The lowest BCUT2D eigenvalue weighted by molar-refractivity contribution is -0.122. The third kappa shape index (κ3) is 5.35. The first-order chi connectivity index (χ1) is 13.4. The van der Waals surface area contributed by atoms with Crippen LogP contribution in [0.5, 0.6) is 5.75 Å². The van der Waals surface area contributed by atoms with E-state index >= 15 is 0 Å². The van der Waals surface area contributed by atoms with Gasteiger partial charge in [-0.05, 0) is 48.8 Å². The van der Waals surface area contributed by atoms with Gasteiger partial charge in [0, 0.05) is 18.9 Å². The number of carbonyl (C=O) groups is 1. The number of hydrogen-bond acceptors (Lipinski definition) is 4. The molecule has 0 spiro atoms. The van der Waals surface area contributed by atoms with Crippen molar-refractivity contribution in [1.82, 2.24) is 14.9 Å². The average molecular weight is 386 g/mol. The molecule has 1 aliphatic rings. The van der Waals surface area contributed by atoms with Crippen molar-refractivity contribution in [2.75, 3.05) is 6.61 Å². The number of aliphatic hydroxyl groups is 1. The third-order valence-corrected chi connectivity index (χ3v) is 5.38. The van der Waals surface area contributed by atoms with E-state index in [-0.39, 0.29) is 18.4 Å². The molecule has 6 nitrogen and oxygen atoms in total. The van der Waals surface area contributed by atoms with E-state index < -0.39 is 6.10 Å². The summed E-state index contributed by atoms with van der Waals surface area (Å²) in [6, 6.07) is 6.00. The predicted molar refractivity (Wildman–Crippen MR) is 108 cm³/mol. The minimum atomic E-state index is -0.497. The maximum absolute atomic E-state index is 12.3. The second-order valence-electron chi connectivity index (χ2n) is 8.13. The molecule has 1 fully saturated rings. The van der Waals surface area contributed by atoms with Crippen molar-refractivity contribution in [3.63, 3.8) is 0 Å². The van der Waals surface area contributed by atoms with E-state index in [0.29, 0.717) is 24.9 Å². The van der Waals surface area contributed by atoms with Crippen LogP contribution in [0.2, 0.25) is 0 Å². The second kappa shape index (κ2) is 9.24. The van der Waals surface area contributed by atoms with E-state index in [4.69, 9.17) is 4.74 Å². The fourth-order valence-corrected chi connectivity index (χ4v) is 3.89. The summed E-state index contributed by atoms with van der Waals surface area (Å²) < 4.78 is 7.92. The van der Waals surface area contributed by atoms with Crippen LogP contribution in [0, 0.1) is 12.8 Å². The number of benzene rings is 1. The summed E-state index contributed by atoms with van der Waals surface area (Å²) in [6.07, 6.45) is 6.72. The molecule has 1 aromatic carbocycles. The van der Waals surface area contributed by atoms with Crippen LogP contribution in [-0.2, 0) is 11.3 Å². The molecule has 3 rings (SSSR count). The summed E-state index contributed by atoms with van der Waals surface area (Å²) in [5, 5.41) is 13.3. The molecule has 152 valence electrons. The van der Waals surface area contributed by atoms with Crippen LogP contribution in [0.1, 0.15) is 50.2 Å². The van der Waals surface area contributed by atoms with Gasteiger partial charge in [-0.3, -0.25) is 4.79 Å². The maximum atomic E-state index is 12.3. The van der Waals surface area contributed by atoms with Crippen LogP contribution < -0.4 is 10.1 Å². The Hall–Kier alpha value is -2.34. The van der Waals surface area contributed by atoms with Gasteiger partial charge in [0.15, 0.2) is 0 Å². The number of imidazole rings is 1. The number of nitrogens with zero attached hydrogens (tertiary/aromatic N) is 2. The molecule has 3 atom stereocenters. The normalized spacial score (nSPS) is 21.8. The Morgan fingerprint density at radius 2 is 2.21 bits per heavy atom. The fraction of sp³-hybridized carbons (Fsp3) is 0.545. The number of rotatable bonds is 8. The van der Waals surface area contributed by atoms with Crippen molar-refractivity contribution >= 4 is 5.91 Å². The molecular formula is C22H31N3O3. The molecule has 0 bridgehead atoms. The van der Waals surface area contributed by atoms with Crippen molar-refractivity contribution in [2.24, 2.45) is 5.92 Å². The summed E-state index contributed by atoms with van der Waals surface area (Å²) >= 11 is 0. The maximum Gasteiger partial charge on any atom is 0.223 e. The Bertz CT molecular complexity index is 773. The molecule has 0 saturated heterocycles. The Kier molecular flexibility index (Phi) is 6.73. The Labute approximate surface area is 166 Å². The van der Waals surface area contributed by atoms with Gasteiger partial charge in [-0.25, -0.2) is 4.98 Å². The highest BCUT2D eigenvalue weighted by molar-refractivity contribution is 5.76. The lowest BCUT2D eigenvalue weighted by Gasteiger charge is -2.18. The zero-order chi connectivity index (χ0) is 20.1. The first kappa shape index (κ1) is 20.4. The van der Waals surface area contributed by atoms with Crippen molar-refractivity contribution in [2.45, 2.75) is 64.6 Å². The standard InChI is InChI=1S/C22H31N3O3/c1-15(2)18-5-4-16(3)10-21(18)28-9-6-22(27)24-19-11-17(12-20(19)26)13-25-8-7-23-14-25/h4-5,7-8,10,14-15,17,19-20,26H,6,9,11-13H2,1-3H3,(H,24,27)/t17?,19-,20-/m1/s1. The molecule has 6 heteroatoms. The topological polar surface area (TPSA) is 76.4 Å². The highest BCUT2D eigenvalue weighted by Gasteiger charge is 2.33. The van der Waals surface area contributed by atoms with Gasteiger partial charge in [-0.15, -0.1) is 0 Å². The summed E-state index contributed by atoms with van der Waals surface area (Å²) in [4.78, 5) is 16.4. The van der Waals surface area contributed by atoms with E-state index in [9.17, 15) is 9.90 Å². The first-order valence-corrected chi connectivity index (χ1v) is 10.1. The fourth-order valence-electron chi connectivity index (χ4n) is 3.89. The van der Waals surface area contributed by atoms with E-state index in [1.165, 1.54) is 0 Å². The Balaban J connectivity index is 1.45. The smallest absolute Gasteiger partial charge is 0.223 e. The summed E-state index contributed by atoms with van der Waals surface area (Å²) in [5.41, 5.74) is 2.29. The molecule has 1 heterocycles. The number of carbonyl (C=O) groups excluding carboxylic acids is 1. The van der Waals surface area contributed by atoms with Crippen molar-refractivity contribution < 1.29 is 14.6 Å². The Morgan fingerprint density at radius 1 is 1.39 bits per heavy atom. The molecular weight excluding hydrogens is 354 g/mol. The van der Waals surface area contributed by atoms with Gasteiger partial charge in [-0.2, -0.15) is 0 Å². The van der Waals surface area contributed by atoms with Crippen molar-refractivity contribution in [3.05, 3.63) is 48.0 Å². The van der Waals surface area contributed by atoms with E-state index in [2.05, 4.69) is 36.3 Å². The lowest BCUT2D eigenvalue weighted by Crippen LogP contribution is -2.40. The number of nitrogens with one attached hydrogen (secondary N) is 1.